The zero-order valence-electron chi connectivity index (χ0n) is 18.5. The molecule has 0 saturated heterocycles. The van der Waals surface area contributed by atoms with Crippen molar-refractivity contribution in [3.05, 3.63) is 89.3 Å². The van der Waals surface area contributed by atoms with Crippen LogP contribution in [0.5, 0.6) is 0 Å². The minimum absolute atomic E-state index is 0.144. The van der Waals surface area contributed by atoms with E-state index >= 15 is 0 Å². The van der Waals surface area contributed by atoms with Crippen LogP contribution in [-0.4, -0.2) is 26.4 Å². The van der Waals surface area contributed by atoms with E-state index in [0.29, 0.717) is 17.0 Å². The lowest BCUT2D eigenvalue weighted by Gasteiger charge is -2.31. The third-order valence-corrected chi connectivity index (χ3v) is 6.71. The molecule has 6 rings (SSSR count). The van der Waals surface area contributed by atoms with E-state index < -0.39 is 5.60 Å². The van der Waals surface area contributed by atoms with Gasteiger partial charge in [-0.05, 0) is 62.4 Å². The first-order valence-corrected chi connectivity index (χ1v) is 11.2. The molecule has 0 amide bonds. The highest BCUT2D eigenvalue weighted by molar-refractivity contribution is 5.86. The second-order valence-corrected chi connectivity index (χ2v) is 8.94. The molecule has 3 aromatic heterocycles. The van der Waals surface area contributed by atoms with Crippen molar-refractivity contribution in [2.24, 2.45) is 5.92 Å². The lowest BCUT2D eigenvalue weighted by molar-refractivity contribution is 0.126. The van der Waals surface area contributed by atoms with Gasteiger partial charge in [0.2, 0.25) is 0 Å². The molecule has 4 aromatic rings. The minimum Gasteiger partial charge on any atom is -0.376 e. The van der Waals surface area contributed by atoms with Crippen molar-refractivity contribution in [1.29, 1.82) is 0 Å². The fourth-order valence-corrected chi connectivity index (χ4v) is 4.89. The minimum atomic E-state index is -1.46. The molecule has 3 N–H and O–H groups in total. The zero-order chi connectivity index (χ0) is 22.6. The van der Waals surface area contributed by atoms with Crippen molar-refractivity contribution in [3.63, 3.8) is 0 Å². The van der Waals surface area contributed by atoms with Crippen LogP contribution >= 0.6 is 0 Å². The number of aryl methyl sites for hydroxylation is 2. The van der Waals surface area contributed by atoms with Crippen LogP contribution in [-0.2, 0) is 5.60 Å². The van der Waals surface area contributed by atoms with E-state index in [0.717, 1.165) is 39.5 Å². The molecular weight excluding hydrogens is 414 g/mol. The molecule has 1 aliphatic carbocycles. The van der Waals surface area contributed by atoms with Gasteiger partial charge >= 0.3 is 0 Å². The van der Waals surface area contributed by atoms with Gasteiger partial charge < -0.3 is 20.3 Å². The van der Waals surface area contributed by atoms with Gasteiger partial charge in [0.15, 0.2) is 0 Å². The molecule has 1 fully saturated rings. The Balaban J connectivity index is 1.63. The predicted molar refractivity (Wildman–Crippen MR) is 126 cm³/mol. The molecule has 1 aliphatic heterocycles. The van der Waals surface area contributed by atoms with Crippen molar-refractivity contribution in [3.8, 4) is 11.1 Å². The fourth-order valence-electron chi connectivity index (χ4n) is 4.89. The molecule has 1 saturated carbocycles. The second kappa shape index (κ2) is 7.42. The lowest BCUT2D eigenvalue weighted by Crippen LogP contribution is -2.31. The van der Waals surface area contributed by atoms with E-state index in [4.69, 9.17) is 4.52 Å². The Morgan fingerprint density at radius 2 is 1.70 bits per heavy atom. The van der Waals surface area contributed by atoms with Crippen LogP contribution in [0, 0.1) is 19.8 Å². The third kappa shape index (κ3) is 3.19. The van der Waals surface area contributed by atoms with Gasteiger partial charge in [0.05, 0.1) is 23.2 Å². The molecule has 1 unspecified atom stereocenters. The highest BCUT2D eigenvalue weighted by Gasteiger charge is 2.42. The number of fused-ring (bicyclic) bond motifs is 1. The Labute approximate surface area is 191 Å². The van der Waals surface area contributed by atoms with Gasteiger partial charge in [-0.2, -0.15) is 0 Å². The Kier molecular flexibility index (Phi) is 4.48. The molecule has 2 aliphatic rings. The van der Waals surface area contributed by atoms with Crippen molar-refractivity contribution >= 4 is 11.4 Å². The van der Waals surface area contributed by atoms with Gasteiger partial charge in [-0.1, -0.05) is 17.3 Å². The SMILES string of the molecule is Cc1noc(C)c1-c1cc2c(c(C(O)(c3cccnc3)c3cccnc3)c1)NC(C1CC1)N2. The standard InChI is InChI=1S/C26H25N5O2/c1-15-23(16(2)33-31-15)18-11-21(24-22(12-18)29-25(30-24)17-7-8-17)26(32,19-5-3-9-27-13-19)20-6-4-10-28-14-20/h3-6,9-14,17,25,29-30,32H,7-8H2,1-2H3. The van der Waals surface area contributed by atoms with Crippen molar-refractivity contribution < 1.29 is 9.63 Å². The highest BCUT2D eigenvalue weighted by Crippen LogP contribution is 2.49. The van der Waals surface area contributed by atoms with E-state index in [9.17, 15) is 5.11 Å². The molecule has 1 aromatic carbocycles. The van der Waals surface area contributed by atoms with E-state index in [2.05, 4.69) is 31.8 Å². The summed E-state index contributed by atoms with van der Waals surface area (Å²) in [6, 6.07) is 11.6. The predicted octanol–water partition coefficient (Wildman–Crippen LogP) is 4.61. The Hall–Kier alpha value is -3.71. The van der Waals surface area contributed by atoms with Crippen LogP contribution in [0.3, 0.4) is 0 Å². The molecule has 0 spiro atoms. The number of hydrogen-bond acceptors (Lipinski definition) is 7. The third-order valence-electron chi connectivity index (χ3n) is 6.71. The van der Waals surface area contributed by atoms with Crippen molar-refractivity contribution in [2.45, 2.75) is 38.5 Å². The maximum atomic E-state index is 12.5. The van der Waals surface area contributed by atoms with Gasteiger partial charge in [0, 0.05) is 47.0 Å². The van der Waals surface area contributed by atoms with Crippen LogP contribution in [0.1, 0.15) is 41.0 Å². The van der Waals surface area contributed by atoms with Gasteiger partial charge in [0.1, 0.15) is 11.4 Å². The van der Waals surface area contributed by atoms with Gasteiger partial charge in [-0.15, -0.1) is 0 Å². The smallest absolute Gasteiger partial charge is 0.145 e. The molecule has 166 valence electrons. The summed E-state index contributed by atoms with van der Waals surface area (Å²) >= 11 is 0. The summed E-state index contributed by atoms with van der Waals surface area (Å²) in [6.07, 6.45) is 9.37. The average molecular weight is 440 g/mol. The molecule has 7 heteroatoms. The number of benzene rings is 1. The number of nitrogens with zero attached hydrogens (tertiary/aromatic N) is 3. The normalized spacial score (nSPS) is 17.4. The van der Waals surface area contributed by atoms with Crippen LogP contribution in [0.4, 0.5) is 11.4 Å². The van der Waals surface area contributed by atoms with Gasteiger partial charge in [-0.3, -0.25) is 9.97 Å². The van der Waals surface area contributed by atoms with Gasteiger partial charge in [-0.25, -0.2) is 0 Å². The molecule has 7 nitrogen and oxygen atoms in total. The molecule has 4 heterocycles. The second-order valence-electron chi connectivity index (χ2n) is 8.94. The van der Waals surface area contributed by atoms with Crippen LogP contribution < -0.4 is 10.6 Å². The number of nitrogens with one attached hydrogen (secondary N) is 2. The molecule has 33 heavy (non-hydrogen) atoms. The monoisotopic (exact) mass is 439 g/mol. The maximum absolute atomic E-state index is 12.5. The highest BCUT2D eigenvalue weighted by atomic mass is 16.5. The summed E-state index contributed by atoms with van der Waals surface area (Å²) < 4.78 is 5.46. The van der Waals surface area contributed by atoms with E-state index in [-0.39, 0.29) is 6.17 Å². The number of anilines is 2. The maximum Gasteiger partial charge on any atom is 0.145 e. The first kappa shape index (κ1) is 19.9. The number of aliphatic hydroxyl groups is 1. The largest absolute Gasteiger partial charge is 0.376 e. The Morgan fingerprint density at radius 1 is 1.00 bits per heavy atom. The number of rotatable bonds is 5. The number of hydrogen-bond donors (Lipinski definition) is 3. The number of aromatic nitrogens is 3. The average Bonchev–Trinajstić information content (AvgIpc) is 3.53. The topological polar surface area (TPSA) is 96.1 Å². The zero-order valence-corrected chi connectivity index (χ0v) is 18.5. The Morgan fingerprint density at radius 3 is 2.24 bits per heavy atom. The first-order chi connectivity index (χ1) is 16.1. The summed E-state index contributed by atoms with van der Waals surface area (Å²) in [5.74, 6) is 1.33. The first-order valence-electron chi connectivity index (χ1n) is 11.2. The molecule has 1 atom stereocenters. The van der Waals surface area contributed by atoms with Crippen LogP contribution in [0.2, 0.25) is 0 Å². The summed E-state index contributed by atoms with van der Waals surface area (Å²) in [7, 11) is 0. The molecular formula is C26H25N5O2. The summed E-state index contributed by atoms with van der Waals surface area (Å²) in [5.41, 5.74) is 5.19. The summed E-state index contributed by atoms with van der Waals surface area (Å²) in [6.45, 7) is 3.85. The Bertz CT molecular complexity index is 1260. The van der Waals surface area contributed by atoms with E-state index in [1.807, 2.05) is 44.2 Å². The van der Waals surface area contributed by atoms with Crippen molar-refractivity contribution in [1.82, 2.24) is 15.1 Å². The van der Waals surface area contributed by atoms with Crippen LogP contribution in [0.25, 0.3) is 11.1 Å². The van der Waals surface area contributed by atoms with E-state index in [1.54, 1.807) is 24.8 Å². The van der Waals surface area contributed by atoms with Gasteiger partial charge in [0.25, 0.3) is 0 Å². The quantitative estimate of drug-likeness (QED) is 0.418. The fraction of sp³-hybridized carbons (Fsp3) is 0.269. The van der Waals surface area contributed by atoms with Crippen molar-refractivity contribution in [2.75, 3.05) is 10.6 Å². The number of pyridine rings is 2. The molecule has 0 radical (unpaired) electrons. The van der Waals surface area contributed by atoms with E-state index in [1.165, 1.54) is 12.8 Å². The van der Waals surface area contributed by atoms with Crippen LogP contribution in [0.15, 0.2) is 65.7 Å². The molecule has 0 bridgehead atoms. The lowest BCUT2D eigenvalue weighted by atomic mass is 9.79. The summed E-state index contributed by atoms with van der Waals surface area (Å²) in [5, 5.41) is 24.0. The summed E-state index contributed by atoms with van der Waals surface area (Å²) in [4.78, 5) is 8.62.